The van der Waals surface area contributed by atoms with E-state index in [2.05, 4.69) is 23.7 Å². The number of nitrogens with zero attached hydrogens (tertiary/aromatic N) is 1. The number of pyridine rings is 1. The maximum atomic E-state index is 8.63. The minimum absolute atomic E-state index is 0.136. The average molecular weight is 261 g/mol. The first-order valence-corrected chi connectivity index (χ1v) is 7.04. The van der Waals surface area contributed by atoms with E-state index in [0.29, 0.717) is 0 Å². The van der Waals surface area contributed by atoms with E-state index in [1.165, 1.54) is 32.1 Å². The van der Waals surface area contributed by atoms with Gasteiger partial charge in [0.15, 0.2) is 0 Å². The number of rotatable bonds is 8. The van der Waals surface area contributed by atoms with E-state index in [1.807, 2.05) is 6.07 Å². The summed E-state index contributed by atoms with van der Waals surface area (Å²) in [5.41, 5.74) is 0.773. The van der Waals surface area contributed by atoms with Gasteiger partial charge < -0.3 is 9.84 Å². The second-order valence-corrected chi connectivity index (χ2v) is 4.49. The molecule has 0 aromatic carbocycles. The van der Waals surface area contributed by atoms with Crippen molar-refractivity contribution in [2.24, 2.45) is 0 Å². The number of aromatic nitrogens is 1. The average Bonchev–Trinajstić information content (AvgIpc) is 2.44. The van der Waals surface area contributed by atoms with Gasteiger partial charge in [0.05, 0.1) is 12.8 Å². The van der Waals surface area contributed by atoms with Crippen molar-refractivity contribution in [3.8, 4) is 17.6 Å². The fourth-order valence-electron chi connectivity index (χ4n) is 1.78. The van der Waals surface area contributed by atoms with Gasteiger partial charge in [-0.2, -0.15) is 0 Å². The van der Waals surface area contributed by atoms with Crippen molar-refractivity contribution >= 4 is 0 Å². The van der Waals surface area contributed by atoms with Crippen LogP contribution in [0.1, 0.15) is 51.0 Å². The zero-order chi connectivity index (χ0) is 13.8. The van der Waals surface area contributed by atoms with Gasteiger partial charge in [-0.25, -0.2) is 0 Å². The Hall–Kier alpha value is -1.53. The number of ether oxygens (including phenoxy) is 1. The number of unbranched alkanes of at least 4 members (excludes halogenated alkanes) is 5. The lowest BCUT2D eigenvalue weighted by atomic mass is 10.1. The van der Waals surface area contributed by atoms with Gasteiger partial charge in [0.1, 0.15) is 12.4 Å². The molecule has 19 heavy (non-hydrogen) atoms. The highest BCUT2D eigenvalue weighted by Gasteiger charge is 1.96. The molecule has 1 aromatic rings. The molecule has 1 aromatic heterocycles. The summed E-state index contributed by atoms with van der Waals surface area (Å²) in [5, 5.41) is 8.63. The van der Waals surface area contributed by atoms with Crippen LogP contribution in [0.15, 0.2) is 18.5 Å². The number of aliphatic hydroxyl groups is 1. The van der Waals surface area contributed by atoms with Crippen LogP contribution < -0.4 is 4.74 Å². The number of hydrogen-bond donors (Lipinski definition) is 1. The molecule has 0 aliphatic carbocycles. The summed E-state index contributed by atoms with van der Waals surface area (Å²) in [6.07, 6.45) is 10.9. The Balaban J connectivity index is 2.22. The first-order chi connectivity index (χ1) is 9.36. The van der Waals surface area contributed by atoms with Gasteiger partial charge in [-0.3, -0.25) is 4.98 Å². The molecule has 1 N–H and O–H groups in total. The predicted octanol–water partition coefficient (Wildman–Crippen LogP) is 3.16. The maximum absolute atomic E-state index is 8.63. The molecule has 3 heteroatoms. The lowest BCUT2D eigenvalue weighted by Crippen LogP contribution is -1.98. The van der Waals surface area contributed by atoms with Gasteiger partial charge in [-0.15, -0.1) is 0 Å². The predicted molar refractivity (Wildman–Crippen MR) is 77.1 cm³/mol. The second-order valence-electron chi connectivity index (χ2n) is 4.49. The normalized spacial score (nSPS) is 9.79. The molecule has 0 aliphatic rings. The van der Waals surface area contributed by atoms with Crippen molar-refractivity contribution < 1.29 is 9.84 Å². The monoisotopic (exact) mass is 261 g/mol. The minimum Gasteiger partial charge on any atom is -0.492 e. The van der Waals surface area contributed by atoms with Crippen LogP contribution in [0.5, 0.6) is 5.75 Å². The molecule has 0 atom stereocenters. The standard InChI is InChI=1S/C16H23NO2/c1-2-3-4-5-6-7-11-19-16-12-15(9-8-10-18)13-17-14-16/h12-14,18H,2-7,10-11H2,1H3. The van der Waals surface area contributed by atoms with Crippen LogP contribution in [0.25, 0.3) is 0 Å². The third-order valence-corrected chi connectivity index (χ3v) is 2.79. The molecule has 0 fully saturated rings. The highest BCUT2D eigenvalue weighted by Crippen LogP contribution is 2.12. The van der Waals surface area contributed by atoms with E-state index in [1.54, 1.807) is 12.4 Å². The molecule has 1 heterocycles. The molecule has 0 radical (unpaired) electrons. The van der Waals surface area contributed by atoms with Crippen LogP contribution in [0, 0.1) is 11.8 Å². The molecule has 0 aliphatic heterocycles. The van der Waals surface area contributed by atoms with Gasteiger partial charge in [-0.1, -0.05) is 50.9 Å². The topological polar surface area (TPSA) is 42.4 Å². The van der Waals surface area contributed by atoms with Gasteiger partial charge in [0.25, 0.3) is 0 Å². The van der Waals surface area contributed by atoms with Crippen molar-refractivity contribution in [2.45, 2.75) is 45.4 Å². The first-order valence-electron chi connectivity index (χ1n) is 7.04. The highest BCUT2D eigenvalue weighted by atomic mass is 16.5. The lowest BCUT2D eigenvalue weighted by molar-refractivity contribution is 0.303. The fraction of sp³-hybridized carbons (Fsp3) is 0.562. The molecule has 1 rings (SSSR count). The first kappa shape index (κ1) is 15.5. The van der Waals surface area contributed by atoms with Crippen LogP contribution in [-0.4, -0.2) is 23.3 Å². The Morgan fingerprint density at radius 2 is 1.95 bits per heavy atom. The van der Waals surface area contributed by atoms with E-state index >= 15 is 0 Å². The summed E-state index contributed by atoms with van der Waals surface area (Å²) < 4.78 is 5.64. The quantitative estimate of drug-likeness (QED) is 0.577. The van der Waals surface area contributed by atoms with E-state index in [9.17, 15) is 0 Å². The molecule has 0 bridgehead atoms. The van der Waals surface area contributed by atoms with Gasteiger partial charge in [0.2, 0.25) is 0 Å². The Kier molecular flexibility index (Phi) is 8.50. The molecule has 0 unspecified atom stereocenters. The summed E-state index contributed by atoms with van der Waals surface area (Å²) >= 11 is 0. The Morgan fingerprint density at radius 1 is 1.16 bits per heavy atom. The number of hydrogen-bond acceptors (Lipinski definition) is 3. The van der Waals surface area contributed by atoms with Gasteiger partial charge >= 0.3 is 0 Å². The van der Waals surface area contributed by atoms with Crippen molar-refractivity contribution in [3.63, 3.8) is 0 Å². The van der Waals surface area contributed by atoms with Crippen molar-refractivity contribution in [1.82, 2.24) is 4.98 Å². The largest absolute Gasteiger partial charge is 0.492 e. The van der Waals surface area contributed by atoms with Crippen molar-refractivity contribution in [1.29, 1.82) is 0 Å². The van der Waals surface area contributed by atoms with Gasteiger partial charge in [-0.05, 0) is 12.5 Å². The number of aliphatic hydroxyl groups excluding tert-OH is 1. The zero-order valence-electron chi connectivity index (χ0n) is 11.7. The second kappa shape index (κ2) is 10.4. The minimum atomic E-state index is -0.136. The molecule has 104 valence electrons. The van der Waals surface area contributed by atoms with Crippen LogP contribution in [-0.2, 0) is 0 Å². The highest BCUT2D eigenvalue weighted by molar-refractivity contribution is 5.36. The van der Waals surface area contributed by atoms with E-state index in [0.717, 1.165) is 24.3 Å². The van der Waals surface area contributed by atoms with Crippen LogP contribution in [0.3, 0.4) is 0 Å². The molecule has 3 nitrogen and oxygen atoms in total. The molecule has 0 saturated heterocycles. The van der Waals surface area contributed by atoms with E-state index in [4.69, 9.17) is 9.84 Å². The van der Waals surface area contributed by atoms with E-state index in [-0.39, 0.29) is 6.61 Å². The smallest absolute Gasteiger partial charge is 0.138 e. The molecule has 0 amide bonds. The molecule has 0 spiro atoms. The summed E-state index contributed by atoms with van der Waals surface area (Å²) in [6.45, 7) is 2.82. The molecular weight excluding hydrogens is 238 g/mol. The summed E-state index contributed by atoms with van der Waals surface area (Å²) in [5.74, 6) is 6.16. The fourth-order valence-corrected chi connectivity index (χ4v) is 1.78. The van der Waals surface area contributed by atoms with Crippen LogP contribution in [0.4, 0.5) is 0 Å². The maximum Gasteiger partial charge on any atom is 0.138 e. The Morgan fingerprint density at radius 3 is 2.74 bits per heavy atom. The summed E-state index contributed by atoms with van der Waals surface area (Å²) in [7, 11) is 0. The van der Waals surface area contributed by atoms with E-state index < -0.39 is 0 Å². The van der Waals surface area contributed by atoms with Gasteiger partial charge in [0, 0.05) is 11.8 Å². The Bertz CT molecular complexity index is 407. The van der Waals surface area contributed by atoms with Crippen molar-refractivity contribution in [2.75, 3.05) is 13.2 Å². The SMILES string of the molecule is CCCCCCCCOc1cncc(C#CCO)c1. The van der Waals surface area contributed by atoms with Crippen molar-refractivity contribution in [3.05, 3.63) is 24.0 Å². The van der Waals surface area contributed by atoms with Crippen LogP contribution in [0.2, 0.25) is 0 Å². The lowest BCUT2D eigenvalue weighted by Gasteiger charge is -2.05. The zero-order valence-corrected chi connectivity index (χ0v) is 11.7. The van der Waals surface area contributed by atoms with Crippen LogP contribution >= 0.6 is 0 Å². The third kappa shape index (κ3) is 7.48. The Labute approximate surface area is 116 Å². The molecular formula is C16H23NO2. The third-order valence-electron chi connectivity index (χ3n) is 2.79. The summed E-state index contributed by atoms with van der Waals surface area (Å²) in [6, 6.07) is 1.85. The molecule has 0 saturated carbocycles. The summed E-state index contributed by atoms with van der Waals surface area (Å²) in [4.78, 5) is 4.07.